The molecule has 0 amide bonds. The number of rotatable bonds is 7. The third-order valence-electron chi connectivity index (χ3n) is 9.65. The van der Waals surface area contributed by atoms with E-state index >= 15 is 0 Å². The second kappa shape index (κ2) is 13.1. The molecule has 242 valence electrons. The SMILES string of the molecule is Cc1ccc(N(c2ccc(C)cc2)c2cc(-c3c4ccccc4cc4ccccc34)cc(N(c3ccc(C)cc3)c3ccc(C)cc3)c2)cc1. The number of benzene rings is 8. The third kappa shape index (κ3) is 6.01. The van der Waals surface area contributed by atoms with Crippen molar-refractivity contribution in [3.8, 4) is 11.1 Å². The van der Waals surface area contributed by atoms with Crippen LogP contribution in [0.25, 0.3) is 32.7 Å². The quantitative estimate of drug-likeness (QED) is 0.159. The molecular weight excluding hydrogens is 605 g/mol. The average Bonchev–Trinajstić information content (AvgIpc) is 3.14. The van der Waals surface area contributed by atoms with Crippen LogP contribution >= 0.6 is 0 Å². The Bertz CT molecular complexity index is 2180. The second-order valence-corrected chi connectivity index (χ2v) is 13.4. The molecule has 50 heavy (non-hydrogen) atoms. The van der Waals surface area contributed by atoms with Crippen molar-refractivity contribution >= 4 is 55.7 Å². The minimum Gasteiger partial charge on any atom is -0.310 e. The second-order valence-electron chi connectivity index (χ2n) is 13.4. The van der Waals surface area contributed by atoms with Gasteiger partial charge in [0.25, 0.3) is 0 Å². The van der Waals surface area contributed by atoms with Crippen molar-refractivity contribution in [1.82, 2.24) is 0 Å². The highest BCUT2D eigenvalue weighted by atomic mass is 15.2. The minimum absolute atomic E-state index is 1.09. The maximum absolute atomic E-state index is 2.39. The molecule has 0 atom stereocenters. The molecule has 8 aromatic carbocycles. The van der Waals surface area contributed by atoms with Gasteiger partial charge in [0, 0.05) is 34.1 Å². The Morgan fingerprint density at radius 1 is 0.300 bits per heavy atom. The monoisotopic (exact) mass is 644 g/mol. The molecule has 0 aliphatic rings. The van der Waals surface area contributed by atoms with Gasteiger partial charge in [-0.05, 0) is 133 Å². The first-order valence-electron chi connectivity index (χ1n) is 17.3. The molecule has 0 N–H and O–H groups in total. The van der Waals surface area contributed by atoms with E-state index in [0.29, 0.717) is 0 Å². The van der Waals surface area contributed by atoms with Gasteiger partial charge in [-0.15, -0.1) is 0 Å². The predicted molar refractivity (Wildman–Crippen MR) is 215 cm³/mol. The van der Waals surface area contributed by atoms with Gasteiger partial charge in [-0.3, -0.25) is 0 Å². The van der Waals surface area contributed by atoms with Gasteiger partial charge >= 0.3 is 0 Å². The van der Waals surface area contributed by atoms with Gasteiger partial charge < -0.3 is 9.80 Å². The van der Waals surface area contributed by atoms with Gasteiger partial charge in [-0.1, -0.05) is 119 Å². The van der Waals surface area contributed by atoms with Gasteiger partial charge in [0.1, 0.15) is 0 Å². The van der Waals surface area contributed by atoms with E-state index in [-0.39, 0.29) is 0 Å². The van der Waals surface area contributed by atoms with Crippen LogP contribution in [0.2, 0.25) is 0 Å². The van der Waals surface area contributed by atoms with Crippen LogP contribution < -0.4 is 9.80 Å². The first-order chi connectivity index (χ1) is 24.4. The zero-order chi connectivity index (χ0) is 34.2. The van der Waals surface area contributed by atoms with Crippen molar-refractivity contribution < 1.29 is 0 Å². The lowest BCUT2D eigenvalue weighted by atomic mass is 9.91. The highest BCUT2D eigenvalue weighted by Crippen LogP contribution is 2.45. The Morgan fingerprint density at radius 2 is 0.620 bits per heavy atom. The number of anilines is 6. The summed E-state index contributed by atoms with van der Waals surface area (Å²) < 4.78 is 0. The van der Waals surface area contributed by atoms with E-state index in [1.54, 1.807) is 0 Å². The van der Waals surface area contributed by atoms with E-state index in [1.165, 1.54) is 54.9 Å². The van der Waals surface area contributed by atoms with Crippen molar-refractivity contribution in [2.75, 3.05) is 9.80 Å². The summed E-state index contributed by atoms with van der Waals surface area (Å²) in [6.07, 6.45) is 0. The van der Waals surface area contributed by atoms with Crippen LogP contribution in [-0.2, 0) is 0 Å². The largest absolute Gasteiger partial charge is 0.310 e. The third-order valence-corrected chi connectivity index (χ3v) is 9.65. The van der Waals surface area contributed by atoms with Gasteiger partial charge in [0.2, 0.25) is 0 Å². The summed E-state index contributed by atoms with van der Waals surface area (Å²) in [5.74, 6) is 0. The van der Waals surface area contributed by atoms with E-state index in [2.05, 4.69) is 207 Å². The summed E-state index contributed by atoms with van der Waals surface area (Å²) in [6.45, 7) is 8.58. The highest BCUT2D eigenvalue weighted by Gasteiger charge is 2.21. The Kier molecular flexibility index (Phi) is 8.14. The number of hydrogen-bond donors (Lipinski definition) is 0. The van der Waals surface area contributed by atoms with Crippen LogP contribution in [0.4, 0.5) is 34.1 Å². The summed E-state index contributed by atoms with van der Waals surface area (Å²) in [6, 6.07) is 62.4. The molecule has 0 aliphatic carbocycles. The zero-order valence-electron chi connectivity index (χ0n) is 29.1. The molecular formula is C48H40N2. The molecule has 0 unspecified atom stereocenters. The maximum atomic E-state index is 2.39. The van der Waals surface area contributed by atoms with Gasteiger partial charge in [0.15, 0.2) is 0 Å². The summed E-state index contributed by atoms with van der Waals surface area (Å²) >= 11 is 0. The van der Waals surface area contributed by atoms with E-state index in [4.69, 9.17) is 0 Å². The molecule has 0 aromatic heterocycles. The molecule has 8 aromatic rings. The molecule has 8 rings (SSSR count). The zero-order valence-corrected chi connectivity index (χ0v) is 29.1. The van der Waals surface area contributed by atoms with Crippen molar-refractivity contribution in [3.63, 3.8) is 0 Å². The lowest BCUT2D eigenvalue weighted by Gasteiger charge is -2.31. The smallest absolute Gasteiger partial charge is 0.0488 e. The fraction of sp³-hybridized carbons (Fsp3) is 0.0833. The molecule has 0 saturated carbocycles. The van der Waals surface area contributed by atoms with Gasteiger partial charge in [-0.2, -0.15) is 0 Å². The lowest BCUT2D eigenvalue weighted by molar-refractivity contribution is 1.24. The maximum Gasteiger partial charge on any atom is 0.0488 e. The lowest BCUT2D eigenvalue weighted by Crippen LogP contribution is -2.14. The molecule has 2 nitrogen and oxygen atoms in total. The Balaban J connectivity index is 1.47. The first kappa shape index (κ1) is 31.2. The van der Waals surface area contributed by atoms with Crippen LogP contribution in [0.1, 0.15) is 22.3 Å². The topological polar surface area (TPSA) is 6.48 Å². The van der Waals surface area contributed by atoms with Crippen LogP contribution in [0.5, 0.6) is 0 Å². The van der Waals surface area contributed by atoms with Crippen molar-refractivity contribution in [2.45, 2.75) is 27.7 Å². The number of aryl methyl sites for hydroxylation is 4. The summed E-state index contributed by atoms with van der Waals surface area (Å²) in [4.78, 5) is 4.78. The van der Waals surface area contributed by atoms with Crippen LogP contribution in [0.15, 0.2) is 170 Å². The Morgan fingerprint density at radius 3 is 0.960 bits per heavy atom. The molecule has 0 saturated heterocycles. The van der Waals surface area contributed by atoms with E-state index < -0.39 is 0 Å². The van der Waals surface area contributed by atoms with Gasteiger partial charge in [-0.25, -0.2) is 0 Å². The molecule has 0 bridgehead atoms. The highest BCUT2D eigenvalue weighted by molar-refractivity contribution is 6.13. The summed E-state index contributed by atoms with van der Waals surface area (Å²) in [5.41, 5.74) is 14.0. The number of nitrogens with zero attached hydrogens (tertiary/aromatic N) is 2. The number of hydrogen-bond acceptors (Lipinski definition) is 2. The molecule has 0 heterocycles. The Labute approximate surface area is 295 Å². The fourth-order valence-electron chi connectivity index (χ4n) is 6.99. The molecule has 0 aliphatic heterocycles. The standard InChI is InChI=1S/C48H40N2/c1-33-13-21-40(22-14-33)49(41-23-15-34(2)16-24-41)44-30-39(48-46-11-7-5-9-37(46)29-38-10-6-8-12-47(38)48)31-45(32-44)50(42-25-17-35(3)18-26-42)43-27-19-36(4)20-28-43/h5-32H,1-4H3. The summed E-state index contributed by atoms with van der Waals surface area (Å²) in [7, 11) is 0. The normalized spacial score (nSPS) is 11.2. The summed E-state index contributed by atoms with van der Waals surface area (Å²) in [5, 5.41) is 4.94. The predicted octanol–water partition coefficient (Wildman–Crippen LogP) is 13.8. The number of fused-ring (bicyclic) bond motifs is 2. The van der Waals surface area contributed by atoms with Crippen LogP contribution in [0.3, 0.4) is 0 Å². The molecule has 2 heteroatoms. The van der Waals surface area contributed by atoms with Crippen LogP contribution in [0, 0.1) is 27.7 Å². The Hall–Kier alpha value is -6.12. The van der Waals surface area contributed by atoms with Crippen LogP contribution in [-0.4, -0.2) is 0 Å². The van der Waals surface area contributed by atoms with Crippen molar-refractivity contribution in [3.05, 3.63) is 192 Å². The van der Waals surface area contributed by atoms with Crippen molar-refractivity contribution in [1.29, 1.82) is 0 Å². The molecule has 0 spiro atoms. The van der Waals surface area contributed by atoms with E-state index in [9.17, 15) is 0 Å². The molecule has 0 radical (unpaired) electrons. The minimum atomic E-state index is 1.09. The van der Waals surface area contributed by atoms with E-state index in [1.807, 2.05) is 0 Å². The molecule has 0 fully saturated rings. The fourth-order valence-corrected chi connectivity index (χ4v) is 6.99. The van der Waals surface area contributed by atoms with Gasteiger partial charge in [0.05, 0.1) is 0 Å². The first-order valence-corrected chi connectivity index (χ1v) is 17.3. The average molecular weight is 645 g/mol. The van der Waals surface area contributed by atoms with E-state index in [0.717, 1.165) is 34.1 Å². The van der Waals surface area contributed by atoms with Crippen molar-refractivity contribution in [2.24, 2.45) is 0 Å².